The summed E-state index contributed by atoms with van der Waals surface area (Å²) in [5.74, 6) is -0.530. The van der Waals surface area contributed by atoms with Crippen molar-refractivity contribution in [3.8, 4) is 0 Å². The van der Waals surface area contributed by atoms with Gasteiger partial charge in [0.15, 0.2) is 0 Å². The molecule has 0 saturated carbocycles. The van der Waals surface area contributed by atoms with E-state index in [0.717, 1.165) is 25.7 Å². The highest BCUT2D eigenvalue weighted by atomic mass is 16.5. The number of allylic oxidation sites excluding steroid dienone is 1. The minimum Gasteiger partial charge on any atom is -0.462 e. The molecule has 0 aliphatic rings. The van der Waals surface area contributed by atoms with Gasteiger partial charge in [0.2, 0.25) is 0 Å². The molecule has 0 heterocycles. The van der Waals surface area contributed by atoms with Crippen molar-refractivity contribution < 1.29 is 19.1 Å². The van der Waals surface area contributed by atoms with Gasteiger partial charge in [0, 0.05) is 12.0 Å². The Morgan fingerprint density at radius 1 is 1.00 bits per heavy atom. The Labute approximate surface area is 121 Å². The fourth-order valence-corrected chi connectivity index (χ4v) is 1.38. The van der Waals surface area contributed by atoms with Gasteiger partial charge in [0.05, 0.1) is 12.2 Å². The van der Waals surface area contributed by atoms with Crippen LogP contribution < -0.4 is 0 Å². The summed E-state index contributed by atoms with van der Waals surface area (Å²) >= 11 is 0. The van der Waals surface area contributed by atoms with E-state index >= 15 is 0 Å². The van der Waals surface area contributed by atoms with Gasteiger partial charge in [-0.05, 0) is 26.7 Å². The van der Waals surface area contributed by atoms with Crippen molar-refractivity contribution in [1.29, 1.82) is 0 Å². The summed E-state index contributed by atoms with van der Waals surface area (Å²) in [5.41, 5.74) is 0.676. The normalized spacial score (nSPS) is 11.6. The maximum absolute atomic E-state index is 11.9. The molecule has 0 saturated heterocycles. The lowest BCUT2D eigenvalue weighted by atomic mass is 10.1. The molecule has 0 aliphatic heterocycles. The molecular weight excluding hydrogens is 256 g/mol. The number of unbranched alkanes of at least 4 members (excludes halogenated alkanes) is 2. The smallest absolute Gasteiger partial charge is 0.338 e. The first-order valence-corrected chi connectivity index (χ1v) is 7.18. The molecule has 0 aromatic rings. The molecular formula is C16H26O4. The molecule has 114 valence electrons. The van der Waals surface area contributed by atoms with E-state index in [9.17, 15) is 9.59 Å². The van der Waals surface area contributed by atoms with Gasteiger partial charge in [-0.3, -0.25) is 0 Å². The summed E-state index contributed by atoms with van der Waals surface area (Å²) < 4.78 is 10.4. The molecule has 0 atom stereocenters. The summed E-state index contributed by atoms with van der Waals surface area (Å²) in [6, 6.07) is 0. The van der Waals surface area contributed by atoms with Crippen molar-refractivity contribution in [3.63, 3.8) is 0 Å². The number of carbonyl (C=O) groups is 2. The summed E-state index contributed by atoms with van der Waals surface area (Å²) in [6.07, 6.45) is 4.13. The second-order valence-corrected chi connectivity index (χ2v) is 4.81. The Bertz CT molecular complexity index is 380. The zero-order valence-corrected chi connectivity index (χ0v) is 13.1. The van der Waals surface area contributed by atoms with Crippen LogP contribution in [0.15, 0.2) is 23.5 Å². The van der Waals surface area contributed by atoms with E-state index in [1.54, 1.807) is 13.8 Å². The standard InChI is InChI=1S/C16H26O4/c1-6-8-10-14(20-15(17)12(3)4)13(5)16(18)19-11-9-7-2/h3,6-11H2,1-2,4-5H3. The molecule has 4 nitrogen and oxygen atoms in total. The molecule has 0 aromatic heterocycles. The van der Waals surface area contributed by atoms with Crippen LogP contribution in [-0.2, 0) is 19.1 Å². The SMILES string of the molecule is C=C(C)C(=O)OC(CCCC)=C(C)C(=O)OCCCC. The first-order valence-electron chi connectivity index (χ1n) is 7.18. The number of hydrogen-bond acceptors (Lipinski definition) is 4. The summed E-state index contributed by atoms with van der Waals surface area (Å²) in [6.45, 7) is 11.2. The number of hydrogen-bond donors (Lipinski definition) is 0. The third kappa shape index (κ3) is 7.12. The van der Waals surface area contributed by atoms with Gasteiger partial charge < -0.3 is 9.47 Å². The molecule has 0 rings (SSSR count). The molecule has 20 heavy (non-hydrogen) atoms. The lowest BCUT2D eigenvalue weighted by Gasteiger charge is -2.12. The molecule has 0 N–H and O–H groups in total. The van der Waals surface area contributed by atoms with Gasteiger partial charge in [-0.1, -0.05) is 33.3 Å². The second-order valence-electron chi connectivity index (χ2n) is 4.81. The van der Waals surface area contributed by atoms with Gasteiger partial charge in [-0.2, -0.15) is 0 Å². The zero-order chi connectivity index (χ0) is 15.5. The van der Waals surface area contributed by atoms with Crippen LogP contribution in [0.3, 0.4) is 0 Å². The monoisotopic (exact) mass is 282 g/mol. The number of ether oxygens (including phenoxy) is 2. The van der Waals surface area contributed by atoms with Crippen LogP contribution in [0, 0.1) is 0 Å². The molecule has 0 aromatic carbocycles. The molecule has 0 aliphatic carbocycles. The van der Waals surface area contributed by atoms with Gasteiger partial charge in [-0.15, -0.1) is 0 Å². The number of carbonyl (C=O) groups excluding carboxylic acids is 2. The Kier molecular flexibility index (Phi) is 9.43. The van der Waals surface area contributed by atoms with Crippen LogP contribution in [0.1, 0.15) is 59.8 Å². The van der Waals surface area contributed by atoms with Crippen molar-refractivity contribution >= 4 is 11.9 Å². The lowest BCUT2D eigenvalue weighted by Crippen LogP contribution is -2.13. The Morgan fingerprint density at radius 3 is 2.10 bits per heavy atom. The van der Waals surface area contributed by atoms with Crippen LogP contribution in [-0.4, -0.2) is 18.5 Å². The van der Waals surface area contributed by atoms with E-state index in [1.165, 1.54) is 0 Å². The highest BCUT2D eigenvalue weighted by molar-refractivity contribution is 5.91. The van der Waals surface area contributed by atoms with E-state index in [1.807, 2.05) is 13.8 Å². The summed E-state index contributed by atoms with van der Waals surface area (Å²) in [4.78, 5) is 23.5. The first kappa shape index (κ1) is 18.4. The average molecular weight is 282 g/mol. The molecule has 0 unspecified atom stereocenters. The molecule has 0 fully saturated rings. The van der Waals surface area contributed by atoms with Crippen LogP contribution in [0.2, 0.25) is 0 Å². The van der Waals surface area contributed by atoms with Gasteiger partial charge in [0.1, 0.15) is 5.76 Å². The highest BCUT2D eigenvalue weighted by Gasteiger charge is 2.16. The first-order chi connectivity index (χ1) is 9.43. The van der Waals surface area contributed by atoms with Gasteiger partial charge in [0.25, 0.3) is 0 Å². The average Bonchev–Trinajstić information content (AvgIpc) is 2.42. The largest absolute Gasteiger partial charge is 0.462 e. The number of esters is 2. The molecule has 4 heteroatoms. The second kappa shape index (κ2) is 10.2. The van der Waals surface area contributed by atoms with E-state index in [-0.39, 0.29) is 0 Å². The van der Waals surface area contributed by atoms with Gasteiger partial charge in [-0.25, -0.2) is 9.59 Å². The Balaban J connectivity index is 4.85. The molecule has 0 radical (unpaired) electrons. The molecule has 0 bridgehead atoms. The highest BCUT2D eigenvalue weighted by Crippen LogP contribution is 2.17. The van der Waals surface area contributed by atoms with Crippen molar-refractivity contribution in [1.82, 2.24) is 0 Å². The summed E-state index contributed by atoms with van der Waals surface area (Å²) in [5, 5.41) is 0. The maximum atomic E-state index is 11.9. The third-order valence-electron chi connectivity index (χ3n) is 2.78. The van der Waals surface area contributed by atoms with E-state index in [0.29, 0.717) is 29.9 Å². The minimum atomic E-state index is -0.503. The Hall–Kier alpha value is -1.58. The molecule has 0 amide bonds. The van der Waals surface area contributed by atoms with E-state index in [2.05, 4.69) is 6.58 Å². The van der Waals surface area contributed by atoms with Crippen molar-refractivity contribution in [3.05, 3.63) is 23.5 Å². The predicted octanol–water partition coefficient (Wildman–Crippen LogP) is 3.91. The molecule has 0 spiro atoms. The van der Waals surface area contributed by atoms with Gasteiger partial charge >= 0.3 is 11.9 Å². The van der Waals surface area contributed by atoms with Crippen molar-refractivity contribution in [2.24, 2.45) is 0 Å². The summed E-state index contributed by atoms with van der Waals surface area (Å²) in [7, 11) is 0. The quantitative estimate of drug-likeness (QED) is 0.278. The van der Waals surface area contributed by atoms with E-state index in [4.69, 9.17) is 9.47 Å². The Morgan fingerprint density at radius 2 is 1.60 bits per heavy atom. The number of rotatable bonds is 9. The van der Waals surface area contributed by atoms with Crippen molar-refractivity contribution in [2.45, 2.75) is 59.8 Å². The lowest BCUT2D eigenvalue weighted by molar-refractivity contribution is -0.139. The third-order valence-corrected chi connectivity index (χ3v) is 2.78. The van der Waals surface area contributed by atoms with Crippen LogP contribution in [0.4, 0.5) is 0 Å². The topological polar surface area (TPSA) is 52.6 Å². The zero-order valence-electron chi connectivity index (χ0n) is 13.1. The van der Waals surface area contributed by atoms with Crippen LogP contribution in [0.5, 0.6) is 0 Å². The van der Waals surface area contributed by atoms with E-state index < -0.39 is 11.9 Å². The maximum Gasteiger partial charge on any atom is 0.338 e. The fourth-order valence-electron chi connectivity index (χ4n) is 1.38. The predicted molar refractivity (Wildman–Crippen MR) is 79.0 cm³/mol. The van der Waals surface area contributed by atoms with Crippen LogP contribution in [0.25, 0.3) is 0 Å². The minimum absolute atomic E-state index is 0.311. The van der Waals surface area contributed by atoms with Crippen LogP contribution >= 0.6 is 0 Å². The van der Waals surface area contributed by atoms with Crippen molar-refractivity contribution in [2.75, 3.05) is 6.61 Å². The fraction of sp³-hybridized carbons (Fsp3) is 0.625.